The van der Waals surface area contributed by atoms with E-state index in [1.54, 1.807) is 0 Å². The molecule has 1 aromatic carbocycles. The molecule has 1 aromatic rings. The molecular formula is C21H28N2. The van der Waals surface area contributed by atoms with Gasteiger partial charge in [0.15, 0.2) is 0 Å². The Morgan fingerprint density at radius 1 is 1.13 bits per heavy atom. The molecule has 2 aliphatic carbocycles. The van der Waals surface area contributed by atoms with Crippen LogP contribution in [0.3, 0.4) is 0 Å². The van der Waals surface area contributed by atoms with Crippen molar-refractivity contribution in [2.75, 3.05) is 20.6 Å². The van der Waals surface area contributed by atoms with Crippen molar-refractivity contribution in [2.24, 2.45) is 5.92 Å². The highest BCUT2D eigenvalue weighted by Crippen LogP contribution is 2.33. The molecule has 1 N–H and O–H groups in total. The number of hydrogen-bond acceptors (Lipinski definition) is 2. The van der Waals surface area contributed by atoms with Gasteiger partial charge in [-0.3, -0.25) is 0 Å². The van der Waals surface area contributed by atoms with Crippen molar-refractivity contribution in [3.05, 3.63) is 59.2 Å². The normalized spacial score (nSPS) is 21.7. The minimum absolute atomic E-state index is 0.324. The average molecular weight is 308 g/mol. The maximum Gasteiger partial charge on any atom is 0.0420 e. The van der Waals surface area contributed by atoms with Gasteiger partial charge in [-0.15, -0.1) is 0 Å². The van der Waals surface area contributed by atoms with Gasteiger partial charge in [0.1, 0.15) is 0 Å². The molecule has 0 radical (unpaired) electrons. The van der Waals surface area contributed by atoms with E-state index in [2.05, 4.69) is 61.5 Å². The molecule has 2 aliphatic rings. The summed E-state index contributed by atoms with van der Waals surface area (Å²) in [5, 5.41) is 8.74. The van der Waals surface area contributed by atoms with Gasteiger partial charge in [0, 0.05) is 24.1 Å². The Kier molecular flexibility index (Phi) is 5.12. The molecule has 0 aliphatic heterocycles. The Hall–Kier alpha value is -1.67. The lowest BCUT2D eigenvalue weighted by molar-refractivity contribution is 0.438. The van der Waals surface area contributed by atoms with Gasteiger partial charge in [-0.2, -0.15) is 0 Å². The topological polar surface area (TPSA) is 27.1 Å². The third kappa shape index (κ3) is 3.81. The van der Waals surface area contributed by atoms with E-state index in [0.29, 0.717) is 11.8 Å². The summed E-state index contributed by atoms with van der Waals surface area (Å²) in [4.78, 5) is 2.20. The van der Waals surface area contributed by atoms with Crippen molar-refractivity contribution >= 4 is 5.71 Å². The Bertz CT molecular complexity index is 618. The largest absolute Gasteiger partial charge is 0.305 e. The Morgan fingerprint density at radius 2 is 1.87 bits per heavy atom. The van der Waals surface area contributed by atoms with Crippen molar-refractivity contribution in [1.82, 2.24) is 4.90 Å². The molecule has 0 heterocycles. The van der Waals surface area contributed by atoms with Crippen molar-refractivity contribution in [2.45, 2.75) is 38.0 Å². The fourth-order valence-corrected chi connectivity index (χ4v) is 3.88. The molecule has 1 atom stereocenters. The molecule has 0 amide bonds. The predicted molar refractivity (Wildman–Crippen MR) is 98.4 cm³/mol. The molecule has 1 unspecified atom stereocenters. The van der Waals surface area contributed by atoms with Crippen LogP contribution >= 0.6 is 0 Å². The lowest BCUT2D eigenvalue weighted by atomic mass is 9.81. The highest BCUT2D eigenvalue weighted by molar-refractivity contribution is 6.01. The molecule has 0 spiro atoms. The quantitative estimate of drug-likeness (QED) is 0.779. The Morgan fingerprint density at radius 3 is 2.61 bits per heavy atom. The van der Waals surface area contributed by atoms with Crippen LogP contribution in [0.2, 0.25) is 0 Å². The number of nitrogens with zero attached hydrogens (tertiary/aromatic N) is 1. The number of allylic oxidation sites excluding steroid dienone is 2. The van der Waals surface area contributed by atoms with Crippen LogP contribution in [0.5, 0.6) is 0 Å². The summed E-state index contributed by atoms with van der Waals surface area (Å²) in [6.45, 7) is 0.981. The zero-order valence-electron chi connectivity index (χ0n) is 14.4. The second-order valence-corrected chi connectivity index (χ2v) is 7.20. The van der Waals surface area contributed by atoms with Gasteiger partial charge < -0.3 is 10.3 Å². The molecule has 2 nitrogen and oxygen atoms in total. The molecule has 1 saturated carbocycles. The van der Waals surface area contributed by atoms with Gasteiger partial charge in [0.25, 0.3) is 0 Å². The highest BCUT2D eigenvalue weighted by atomic mass is 15.0. The molecule has 3 rings (SSSR count). The van der Waals surface area contributed by atoms with Crippen molar-refractivity contribution in [3.63, 3.8) is 0 Å². The third-order valence-corrected chi connectivity index (χ3v) is 5.03. The van der Waals surface area contributed by atoms with E-state index < -0.39 is 0 Å². The van der Waals surface area contributed by atoms with Gasteiger partial charge >= 0.3 is 0 Å². The van der Waals surface area contributed by atoms with Crippen molar-refractivity contribution in [3.8, 4) is 0 Å². The predicted octanol–water partition coefficient (Wildman–Crippen LogP) is 4.78. The minimum Gasteiger partial charge on any atom is -0.305 e. The molecular weight excluding hydrogens is 280 g/mol. The summed E-state index contributed by atoms with van der Waals surface area (Å²) in [5.74, 6) is 0.783. The lowest BCUT2D eigenvalue weighted by Crippen LogP contribution is -2.19. The van der Waals surface area contributed by atoms with E-state index in [1.807, 2.05) is 0 Å². The summed E-state index contributed by atoms with van der Waals surface area (Å²) in [6.07, 6.45) is 13.2. The van der Waals surface area contributed by atoms with Crippen LogP contribution in [0.4, 0.5) is 0 Å². The first-order valence-corrected chi connectivity index (χ1v) is 8.86. The second-order valence-electron chi connectivity index (χ2n) is 7.20. The number of hydrogen-bond donors (Lipinski definition) is 1. The van der Waals surface area contributed by atoms with Crippen LogP contribution in [0.25, 0.3) is 0 Å². The zero-order chi connectivity index (χ0) is 16.2. The van der Waals surface area contributed by atoms with E-state index >= 15 is 0 Å². The second kappa shape index (κ2) is 7.27. The van der Waals surface area contributed by atoms with Crippen LogP contribution in [0.1, 0.15) is 49.1 Å². The van der Waals surface area contributed by atoms with E-state index in [4.69, 9.17) is 5.41 Å². The molecule has 2 heteroatoms. The maximum atomic E-state index is 8.74. The molecule has 0 bridgehead atoms. The zero-order valence-corrected chi connectivity index (χ0v) is 14.4. The molecule has 122 valence electrons. The van der Waals surface area contributed by atoms with E-state index in [9.17, 15) is 0 Å². The van der Waals surface area contributed by atoms with Gasteiger partial charge in [-0.1, -0.05) is 61.8 Å². The summed E-state index contributed by atoms with van der Waals surface area (Å²) < 4.78 is 0. The van der Waals surface area contributed by atoms with Crippen molar-refractivity contribution in [1.29, 1.82) is 5.41 Å². The highest BCUT2D eigenvalue weighted by Gasteiger charge is 2.23. The Balaban J connectivity index is 1.83. The van der Waals surface area contributed by atoms with Crippen LogP contribution in [0.15, 0.2) is 48.1 Å². The summed E-state index contributed by atoms with van der Waals surface area (Å²) in [7, 11) is 4.21. The SMILES string of the molecule is CN(C)CC1=CC(c2ccccc2C(=N)C2CCCCC2)C=C1. The maximum absolute atomic E-state index is 8.74. The monoisotopic (exact) mass is 308 g/mol. The lowest BCUT2D eigenvalue weighted by Gasteiger charge is -2.24. The summed E-state index contributed by atoms with van der Waals surface area (Å²) in [6, 6.07) is 8.55. The fraction of sp³-hybridized carbons (Fsp3) is 0.476. The van der Waals surface area contributed by atoms with Crippen LogP contribution < -0.4 is 0 Å². The Labute approximate surface area is 140 Å². The number of benzene rings is 1. The number of likely N-dealkylation sites (N-methyl/N-ethyl adjacent to an activating group) is 1. The summed E-state index contributed by atoms with van der Waals surface area (Å²) >= 11 is 0. The molecule has 0 saturated heterocycles. The van der Waals surface area contributed by atoms with Gasteiger partial charge in [-0.05, 0) is 43.6 Å². The first-order chi connectivity index (χ1) is 11.1. The minimum atomic E-state index is 0.324. The molecule has 23 heavy (non-hydrogen) atoms. The van der Waals surface area contributed by atoms with Crippen LogP contribution in [-0.4, -0.2) is 31.3 Å². The third-order valence-electron chi connectivity index (χ3n) is 5.03. The average Bonchev–Trinajstić information content (AvgIpc) is 3.02. The molecule has 1 fully saturated rings. The first kappa shape index (κ1) is 16.2. The van der Waals surface area contributed by atoms with Gasteiger partial charge in [-0.25, -0.2) is 0 Å². The van der Waals surface area contributed by atoms with Crippen LogP contribution in [0, 0.1) is 11.3 Å². The van der Waals surface area contributed by atoms with E-state index in [0.717, 1.165) is 17.8 Å². The van der Waals surface area contributed by atoms with E-state index in [1.165, 1.54) is 43.2 Å². The van der Waals surface area contributed by atoms with Gasteiger partial charge in [0.05, 0.1) is 0 Å². The number of rotatable bonds is 5. The fourth-order valence-electron chi connectivity index (χ4n) is 3.88. The van der Waals surface area contributed by atoms with E-state index in [-0.39, 0.29) is 0 Å². The van der Waals surface area contributed by atoms with Crippen molar-refractivity contribution < 1.29 is 0 Å². The van der Waals surface area contributed by atoms with Gasteiger partial charge in [0.2, 0.25) is 0 Å². The number of nitrogens with one attached hydrogen (secondary N) is 1. The molecule has 0 aromatic heterocycles. The smallest absolute Gasteiger partial charge is 0.0420 e. The standard InChI is InChI=1S/C21H28N2/c1-23(2)15-16-12-13-18(14-16)19-10-6-7-11-20(19)21(22)17-8-4-3-5-9-17/h6-7,10-14,17-18,22H,3-5,8-9,15H2,1-2H3. The summed E-state index contributed by atoms with van der Waals surface area (Å²) in [5.41, 5.74) is 4.70. The first-order valence-electron chi connectivity index (χ1n) is 8.86. The van der Waals surface area contributed by atoms with Crippen LogP contribution in [-0.2, 0) is 0 Å².